The second-order valence-electron chi connectivity index (χ2n) is 4.79. The summed E-state index contributed by atoms with van der Waals surface area (Å²) in [7, 11) is 0. The monoisotopic (exact) mass is 305 g/mol. The van der Waals surface area contributed by atoms with Crippen molar-refractivity contribution < 1.29 is 19.8 Å². The van der Waals surface area contributed by atoms with Gasteiger partial charge in [-0.15, -0.1) is 0 Å². The van der Waals surface area contributed by atoms with Crippen LogP contribution >= 0.6 is 11.3 Å². The summed E-state index contributed by atoms with van der Waals surface area (Å²) in [5, 5.41) is 22.4. The van der Waals surface area contributed by atoms with E-state index in [1.165, 1.54) is 17.4 Å². The molecule has 2 aromatic rings. The van der Waals surface area contributed by atoms with Crippen molar-refractivity contribution in [2.24, 2.45) is 5.73 Å². The lowest BCUT2D eigenvalue weighted by Gasteiger charge is -2.29. The number of phenols is 1. The molecular formula is C15H15NO4S. The minimum Gasteiger partial charge on any atom is -0.508 e. The number of hydrogen-bond donors (Lipinski definition) is 3. The van der Waals surface area contributed by atoms with Crippen molar-refractivity contribution in [3.05, 3.63) is 52.2 Å². The number of hydrogen-bond acceptors (Lipinski definition) is 5. The first-order valence-electron chi connectivity index (χ1n) is 6.27. The van der Waals surface area contributed by atoms with Gasteiger partial charge in [0.25, 0.3) is 0 Å². The predicted molar refractivity (Wildman–Crippen MR) is 79.3 cm³/mol. The number of carbonyl (C=O) groups excluding carboxylic acids is 1. The van der Waals surface area contributed by atoms with Crippen LogP contribution in [-0.4, -0.2) is 22.0 Å². The number of thiophene rings is 1. The maximum atomic E-state index is 11.9. The van der Waals surface area contributed by atoms with Gasteiger partial charge < -0.3 is 15.9 Å². The van der Waals surface area contributed by atoms with Crippen LogP contribution in [0, 0.1) is 0 Å². The summed E-state index contributed by atoms with van der Waals surface area (Å²) < 4.78 is 0. The topological polar surface area (TPSA) is 101 Å². The van der Waals surface area contributed by atoms with Crippen LogP contribution in [0.15, 0.2) is 41.1 Å². The third kappa shape index (κ3) is 3.29. The maximum Gasteiger partial charge on any atom is 0.310 e. The van der Waals surface area contributed by atoms with Crippen molar-refractivity contribution in [2.75, 3.05) is 0 Å². The molecule has 6 heteroatoms. The highest BCUT2D eigenvalue weighted by Gasteiger charge is 2.35. The first-order valence-corrected chi connectivity index (χ1v) is 7.21. The zero-order valence-corrected chi connectivity index (χ0v) is 12.0. The molecule has 1 aromatic carbocycles. The second kappa shape index (κ2) is 6.07. The van der Waals surface area contributed by atoms with Gasteiger partial charge in [-0.25, -0.2) is 0 Å². The van der Waals surface area contributed by atoms with Gasteiger partial charge in [0.1, 0.15) is 18.0 Å². The Morgan fingerprint density at radius 3 is 2.52 bits per heavy atom. The molecule has 2 rings (SSSR count). The Labute approximate surface area is 125 Å². The fourth-order valence-electron chi connectivity index (χ4n) is 2.26. The minimum atomic E-state index is -1.24. The van der Waals surface area contributed by atoms with E-state index in [9.17, 15) is 14.7 Å². The molecule has 0 saturated carbocycles. The van der Waals surface area contributed by atoms with Crippen LogP contribution in [0.1, 0.15) is 24.0 Å². The molecule has 5 nitrogen and oxygen atoms in total. The summed E-state index contributed by atoms with van der Waals surface area (Å²) in [6.07, 6.45) is -0.774. The lowest BCUT2D eigenvalue weighted by molar-refractivity contribution is -0.140. The van der Waals surface area contributed by atoms with Crippen molar-refractivity contribution in [3.63, 3.8) is 0 Å². The normalized spacial score (nSPS) is 13.6. The number of nitrogens with two attached hydrogens (primary N) is 1. The van der Waals surface area contributed by atoms with Crippen LogP contribution in [0.3, 0.4) is 0 Å². The third-order valence-corrected chi connectivity index (χ3v) is 3.93. The molecule has 0 aliphatic carbocycles. The largest absolute Gasteiger partial charge is 0.508 e. The molecule has 0 aliphatic heterocycles. The summed E-state index contributed by atoms with van der Waals surface area (Å²) in [6, 6.07) is 8.27. The maximum absolute atomic E-state index is 11.9. The Morgan fingerprint density at radius 2 is 1.95 bits per heavy atom. The van der Waals surface area contributed by atoms with Gasteiger partial charge in [-0.1, -0.05) is 18.2 Å². The van der Waals surface area contributed by atoms with E-state index in [1.807, 2.05) is 5.38 Å². The van der Waals surface area contributed by atoms with E-state index < -0.39 is 23.7 Å². The molecule has 0 fully saturated rings. The number of benzene rings is 1. The van der Waals surface area contributed by atoms with Crippen molar-refractivity contribution in [3.8, 4) is 5.75 Å². The SMILES string of the molecule is NC(CC(=O)CC(=O)O)(c1ccsc1)c1ccccc1O. The summed E-state index contributed by atoms with van der Waals surface area (Å²) in [6.45, 7) is 0. The first-order chi connectivity index (χ1) is 9.93. The molecule has 0 amide bonds. The highest BCUT2D eigenvalue weighted by atomic mass is 32.1. The number of para-hydroxylation sites is 1. The summed E-state index contributed by atoms with van der Waals surface area (Å²) in [4.78, 5) is 22.6. The van der Waals surface area contributed by atoms with E-state index in [0.717, 1.165) is 0 Å². The predicted octanol–water partition coefficient (Wildman–Crippen LogP) is 2.09. The van der Waals surface area contributed by atoms with E-state index >= 15 is 0 Å². The molecule has 110 valence electrons. The fourth-order valence-corrected chi connectivity index (χ4v) is 3.00. The number of aliphatic carboxylic acids is 1. The highest BCUT2D eigenvalue weighted by molar-refractivity contribution is 7.08. The van der Waals surface area contributed by atoms with Gasteiger partial charge in [0.15, 0.2) is 0 Å². The van der Waals surface area contributed by atoms with Gasteiger partial charge in [0, 0.05) is 12.0 Å². The molecule has 21 heavy (non-hydrogen) atoms. The minimum absolute atomic E-state index is 0.0191. The number of rotatable bonds is 6. The van der Waals surface area contributed by atoms with Gasteiger partial charge in [0.05, 0.1) is 5.54 Å². The Hall–Kier alpha value is -2.18. The Morgan fingerprint density at radius 1 is 1.24 bits per heavy atom. The van der Waals surface area contributed by atoms with E-state index in [-0.39, 0.29) is 12.2 Å². The molecule has 1 heterocycles. The first kappa shape index (κ1) is 15.2. The van der Waals surface area contributed by atoms with E-state index in [1.54, 1.807) is 29.6 Å². The zero-order valence-electron chi connectivity index (χ0n) is 11.2. The van der Waals surface area contributed by atoms with Crippen molar-refractivity contribution >= 4 is 23.1 Å². The summed E-state index contributed by atoms with van der Waals surface area (Å²) >= 11 is 1.42. The van der Waals surface area contributed by atoms with E-state index in [2.05, 4.69) is 0 Å². The number of aromatic hydroxyl groups is 1. The summed E-state index contributed by atoms with van der Waals surface area (Å²) in [5.41, 5.74) is 6.24. The second-order valence-corrected chi connectivity index (χ2v) is 5.57. The average Bonchev–Trinajstić information content (AvgIpc) is 2.92. The van der Waals surface area contributed by atoms with Crippen LogP contribution in [0.4, 0.5) is 0 Å². The van der Waals surface area contributed by atoms with Gasteiger partial charge >= 0.3 is 5.97 Å². The van der Waals surface area contributed by atoms with E-state index in [4.69, 9.17) is 10.8 Å². The van der Waals surface area contributed by atoms with Crippen LogP contribution in [0.25, 0.3) is 0 Å². The van der Waals surface area contributed by atoms with Crippen LogP contribution in [0.5, 0.6) is 5.75 Å². The van der Waals surface area contributed by atoms with Gasteiger partial charge in [-0.2, -0.15) is 11.3 Å². The number of phenolic OH excluding ortho intramolecular Hbond substituents is 1. The lowest BCUT2D eigenvalue weighted by Crippen LogP contribution is -2.40. The Bertz CT molecular complexity index is 653. The number of ketones is 1. The Balaban J connectivity index is 2.43. The molecule has 4 N–H and O–H groups in total. The fraction of sp³-hybridized carbons (Fsp3) is 0.200. The third-order valence-electron chi connectivity index (χ3n) is 3.25. The molecule has 1 aromatic heterocycles. The average molecular weight is 305 g/mol. The molecule has 0 saturated heterocycles. The Kier molecular flexibility index (Phi) is 4.40. The molecule has 1 unspecified atom stereocenters. The van der Waals surface area contributed by atoms with Crippen molar-refractivity contribution in [1.29, 1.82) is 0 Å². The smallest absolute Gasteiger partial charge is 0.310 e. The number of Topliss-reactive ketones (excluding diaryl/α,β-unsaturated/α-hetero) is 1. The van der Waals surface area contributed by atoms with E-state index in [0.29, 0.717) is 11.1 Å². The zero-order chi connectivity index (χ0) is 15.5. The quantitative estimate of drug-likeness (QED) is 0.709. The van der Waals surface area contributed by atoms with Crippen LogP contribution in [-0.2, 0) is 15.1 Å². The lowest BCUT2D eigenvalue weighted by atomic mass is 9.80. The molecule has 1 atom stereocenters. The molecule has 0 spiro atoms. The van der Waals surface area contributed by atoms with Crippen LogP contribution in [0.2, 0.25) is 0 Å². The van der Waals surface area contributed by atoms with Gasteiger partial charge in [0.2, 0.25) is 0 Å². The highest BCUT2D eigenvalue weighted by Crippen LogP contribution is 2.37. The molecule has 0 bridgehead atoms. The number of carboxylic acids is 1. The summed E-state index contributed by atoms with van der Waals surface area (Å²) in [5.74, 6) is -1.70. The molecular weight excluding hydrogens is 290 g/mol. The standard InChI is InChI=1S/C15H15NO4S/c16-15(10-5-6-21-9-10,8-11(17)7-14(19)20)12-3-1-2-4-13(12)18/h1-6,9,18H,7-8,16H2,(H,19,20). The van der Waals surface area contributed by atoms with Crippen molar-refractivity contribution in [2.45, 2.75) is 18.4 Å². The number of carbonyl (C=O) groups is 2. The molecule has 0 radical (unpaired) electrons. The van der Waals surface area contributed by atoms with Gasteiger partial charge in [-0.05, 0) is 28.5 Å². The van der Waals surface area contributed by atoms with Crippen molar-refractivity contribution in [1.82, 2.24) is 0 Å². The van der Waals surface area contributed by atoms with Crippen LogP contribution < -0.4 is 5.73 Å². The number of carboxylic acid groups (broad SMARTS) is 1. The van der Waals surface area contributed by atoms with Gasteiger partial charge in [-0.3, -0.25) is 9.59 Å². The molecule has 0 aliphatic rings.